The van der Waals surface area contributed by atoms with Crippen molar-refractivity contribution in [1.29, 1.82) is 0 Å². The largest absolute Gasteiger partial charge is 0.466 e. The minimum atomic E-state index is -0.299. The predicted molar refractivity (Wildman–Crippen MR) is 45.6 cm³/mol. The van der Waals surface area contributed by atoms with Crippen molar-refractivity contribution in [3.05, 3.63) is 0 Å². The Morgan fingerprint density at radius 2 is 2.58 bits per heavy atom. The number of amides is 1. The maximum atomic E-state index is 11.0. The van der Waals surface area contributed by atoms with Crippen LogP contribution in [0.5, 0.6) is 0 Å². The van der Waals surface area contributed by atoms with Gasteiger partial charge in [0.1, 0.15) is 0 Å². The Morgan fingerprint density at radius 3 is 3.08 bits per heavy atom. The third-order valence-corrected chi connectivity index (χ3v) is 2.57. The molecule has 68 valence electrons. The van der Waals surface area contributed by atoms with Crippen molar-refractivity contribution in [2.45, 2.75) is 18.6 Å². The van der Waals surface area contributed by atoms with Crippen LogP contribution >= 0.6 is 11.8 Å². The van der Waals surface area contributed by atoms with Crippen molar-refractivity contribution in [2.24, 2.45) is 0 Å². The first kappa shape index (κ1) is 9.38. The van der Waals surface area contributed by atoms with Crippen LogP contribution < -0.4 is 5.32 Å². The van der Waals surface area contributed by atoms with Crippen LogP contribution in [0.1, 0.15) is 13.3 Å². The molecule has 0 aromatic carbocycles. The van der Waals surface area contributed by atoms with E-state index in [-0.39, 0.29) is 23.5 Å². The van der Waals surface area contributed by atoms with Crippen molar-refractivity contribution < 1.29 is 14.3 Å². The van der Waals surface area contributed by atoms with Gasteiger partial charge in [-0.25, -0.2) is 0 Å². The molecule has 5 heteroatoms. The fourth-order valence-corrected chi connectivity index (χ4v) is 1.84. The van der Waals surface area contributed by atoms with Crippen LogP contribution in [0.4, 0.5) is 0 Å². The number of carbonyl (C=O) groups excluding carboxylic acids is 2. The first-order chi connectivity index (χ1) is 5.74. The molecule has 0 spiro atoms. The van der Waals surface area contributed by atoms with Gasteiger partial charge in [-0.1, -0.05) is 0 Å². The molecule has 1 fully saturated rings. The summed E-state index contributed by atoms with van der Waals surface area (Å²) in [4.78, 5) is 21.9. The lowest BCUT2D eigenvalue weighted by Crippen LogP contribution is -2.25. The van der Waals surface area contributed by atoms with Crippen molar-refractivity contribution in [3.63, 3.8) is 0 Å². The van der Waals surface area contributed by atoms with E-state index in [1.807, 2.05) is 0 Å². The molecule has 0 aromatic rings. The highest BCUT2D eigenvalue weighted by Crippen LogP contribution is 2.19. The first-order valence-electron chi connectivity index (χ1n) is 3.79. The van der Waals surface area contributed by atoms with Crippen LogP contribution in [0.2, 0.25) is 0 Å². The monoisotopic (exact) mass is 189 g/mol. The van der Waals surface area contributed by atoms with Gasteiger partial charge in [0.05, 0.1) is 24.2 Å². The molecule has 0 bridgehead atoms. The minimum Gasteiger partial charge on any atom is -0.466 e. The third-order valence-electron chi connectivity index (χ3n) is 1.48. The van der Waals surface area contributed by atoms with E-state index in [1.54, 1.807) is 6.92 Å². The molecule has 1 aliphatic rings. The zero-order valence-corrected chi connectivity index (χ0v) is 7.65. The van der Waals surface area contributed by atoms with E-state index < -0.39 is 0 Å². The van der Waals surface area contributed by atoms with Gasteiger partial charge in [0.25, 0.3) is 0 Å². The summed E-state index contributed by atoms with van der Waals surface area (Å²) in [5, 5.41) is 2.39. The van der Waals surface area contributed by atoms with E-state index in [2.05, 4.69) is 5.32 Å². The quantitative estimate of drug-likeness (QED) is 0.641. The highest BCUT2D eigenvalue weighted by Gasteiger charge is 2.27. The third kappa shape index (κ3) is 2.41. The Bertz CT molecular complexity index is 195. The minimum absolute atomic E-state index is 0.0620. The van der Waals surface area contributed by atoms with E-state index in [1.165, 1.54) is 11.8 Å². The Labute approximate surface area is 75.0 Å². The number of thioether (sulfide) groups is 1. The lowest BCUT2D eigenvalue weighted by atomic mass is 10.3. The standard InChI is InChI=1S/C7H11NO3S/c1-2-11-6(9)3-5-7(10)8-4-12-5/h5H,2-4H2,1H3,(H,8,10). The molecular formula is C7H11NO3S. The maximum absolute atomic E-state index is 11.0. The second-order valence-electron chi connectivity index (χ2n) is 2.35. The molecular weight excluding hydrogens is 178 g/mol. The maximum Gasteiger partial charge on any atom is 0.307 e. The number of esters is 1. The molecule has 0 saturated carbocycles. The molecule has 1 N–H and O–H groups in total. The van der Waals surface area contributed by atoms with E-state index in [0.29, 0.717) is 12.5 Å². The van der Waals surface area contributed by atoms with Gasteiger partial charge in [-0.15, -0.1) is 11.8 Å². The van der Waals surface area contributed by atoms with Crippen molar-refractivity contribution in [1.82, 2.24) is 5.32 Å². The van der Waals surface area contributed by atoms with Crippen molar-refractivity contribution in [3.8, 4) is 0 Å². The topological polar surface area (TPSA) is 55.4 Å². The number of ether oxygens (including phenoxy) is 1. The Hall–Kier alpha value is -0.710. The van der Waals surface area contributed by atoms with Crippen LogP contribution in [0, 0.1) is 0 Å². The van der Waals surface area contributed by atoms with Gasteiger partial charge >= 0.3 is 5.97 Å². The van der Waals surface area contributed by atoms with Gasteiger partial charge in [0.2, 0.25) is 5.91 Å². The van der Waals surface area contributed by atoms with Gasteiger partial charge in [0, 0.05) is 0 Å². The number of hydrogen-bond donors (Lipinski definition) is 1. The lowest BCUT2D eigenvalue weighted by molar-refractivity contribution is -0.144. The van der Waals surface area contributed by atoms with Crippen molar-refractivity contribution >= 4 is 23.6 Å². The number of rotatable bonds is 3. The molecule has 0 aromatic heterocycles. The first-order valence-corrected chi connectivity index (χ1v) is 4.84. The number of carbonyl (C=O) groups is 2. The second-order valence-corrected chi connectivity index (χ2v) is 3.54. The van der Waals surface area contributed by atoms with Crippen LogP contribution in [0.3, 0.4) is 0 Å². The molecule has 1 rings (SSSR count). The van der Waals surface area contributed by atoms with Gasteiger partial charge < -0.3 is 10.1 Å². The van der Waals surface area contributed by atoms with Gasteiger partial charge in [0.15, 0.2) is 0 Å². The zero-order valence-electron chi connectivity index (χ0n) is 6.83. The summed E-state index contributed by atoms with van der Waals surface area (Å²) in [6.45, 7) is 2.12. The molecule has 1 atom stereocenters. The molecule has 1 saturated heterocycles. The highest BCUT2D eigenvalue weighted by molar-refractivity contribution is 8.01. The molecule has 1 aliphatic heterocycles. The highest BCUT2D eigenvalue weighted by atomic mass is 32.2. The fourth-order valence-electron chi connectivity index (χ4n) is 0.926. The summed E-state index contributed by atoms with van der Waals surface area (Å²) < 4.78 is 4.72. The van der Waals surface area contributed by atoms with Gasteiger partial charge in [-0.2, -0.15) is 0 Å². The number of hydrogen-bond acceptors (Lipinski definition) is 4. The summed E-state index contributed by atoms with van der Waals surface area (Å²) >= 11 is 1.44. The predicted octanol–water partition coefficient (Wildman–Crippen LogP) is 0.129. The number of nitrogens with one attached hydrogen (secondary N) is 1. The van der Waals surface area contributed by atoms with E-state index in [0.717, 1.165) is 0 Å². The van der Waals surface area contributed by atoms with Crippen LogP contribution in [-0.2, 0) is 14.3 Å². The summed E-state index contributed by atoms with van der Waals surface area (Å²) in [5.74, 6) is 0.239. The van der Waals surface area contributed by atoms with E-state index >= 15 is 0 Å². The Morgan fingerprint density at radius 1 is 1.83 bits per heavy atom. The van der Waals surface area contributed by atoms with E-state index in [9.17, 15) is 9.59 Å². The molecule has 1 heterocycles. The lowest BCUT2D eigenvalue weighted by Gasteiger charge is -2.04. The molecule has 4 nitrogen and oxygen atoms in total. The SMILES string of the molecule is CCOC(=O)CC1SCNC1=O. The normalized spacial score (nSPS) is 22.1. The van der Waals surface area contributed by atoms with Gasteiger partial charge in [-0.05, 0) is 6.92 Å². The molecule has 0 aliphatic carbocycles. The molecule has 0 radical (unpaired) electrons. The summed E-state index contributed by atoms with van der Waals surface area (Å²) in [5.41, 5.74) is 0. The van der Waals surface area contributed by atoms with Crippen LogP contribution in [0.25, 0.3) is 0 Å². The average Bonchev–Trinajstić information content (AvgIpc) is 2.37. The van der Waals surface area contributed by atoms with Crippen molar-refractivity contribution in [2.75, 3.05) is 12.5 Å². The summed E-state index contributed by atoms with van der Waals surface area (Å²) in [6, 6.07) is 0. The molecule has 12 heavy (non-hydrogen) atoms. The molecule has 1 unspecified atom stereocenters. The fraction of sp³-hybridized carbons (Fsp3) is 0.714. The van der Waals surface area contributed by atoms with Crippen LogP contribution in [-0.4, -0.2) is 29.6 Å². The zero-order chi connectivity index (χ0) is 8.97. The van der Waals surface area contributed by atoms with Gasteiger partial charge in [-0.3, -0.25) is 9.59 Å². The van der Waals surface area contributed by atoms with Crippen LogP contribution in [0.15, 0.2) is 0 Å². The Kier molecular flexibility index (Phi) is 3.40. The molecule has 1 amide bonds. The second kappa shape index (κ2) is 4.35. The summed E-state index contributed by atoms with van der Waals surface area (Å²) in [7, 11) is 0. The Balaban J connectivity index is 2.30. The average molecular weight is 189 g/mol. The smallest absolute Gasteiger partial charge is 0.307 e. The summed E-state index contributed by atoms with van der Waals surface area (Å²) in [6.07, 6.45) is 0.185. The van der Waals surface area contributed by atoms with E-state index in [4.69, 9.17) is 4.74 Å².